The lowest BCUT2D eigenvalue weighted by atomic mass is 9.90. The van der Waals surface area contributed by atoms with Crippen molar-refractivity contribution < 1.29 is 213 Å². The van der Waals surface area contributed by atoms with Crippen LogP contribution in [0.25, 0.3) is 22.3 Å². The SMILES string of the molecule is Cc1c(O)cc2c(c1O)-c1c3cc(c(O)c1O)Oc1c(cc(O)c(O)c1O)C(=O)O[C@@H]1[C@@H](OC(=O)c4cc(O)c(O)c(O)c4)[C@@H]4OC(=O)c5cc(c(O)c(O)c5-c5c(cc(O)c(O)c5O)C(=O)OC[C@H]4O[C@H]1O)Oc1c(cc(O)c(O)c1O)C(=O)O[C@@H]1[C@@H](OC(=O)c4cc(O)c(O)c(O)c4)[C@H](OC2=O)[C@@H](COC3=O)O[C@H]1O. The van der Waals surface area contributed by atoms with Crippen molar-refractivity contribution in [2.75, 3.05) is 13.2 Å². The number of fused-ring (bicyclic) bond motifs is 13. The molecule has 5 aliphatic heterocycles. The summed E-state index contributed by atoms with van der Waals surface area (Å²) in [5, 5.41) is 259. The molecule has 0 unspecified atom stereocenters. The van der Waals surface area contributed by atoms with E-state index >= 15 is 19.2 Å². The van der Waals surface area contributed by atoms with Crippen LogP contribution in [0.2, 0.25) is 0 Å². The summed E-state index contributed by atoms with van der Waals surface area (Å²) in [5.41, 5.74) is -15.7. The molecule has 2 fully saturated rings. The molecule has 0 spiro atoms. The normalized spacial score (nSPS) is 21.5. The first-order chi connectivity index (χ1) is 52.8. The fourth-order valence-corrected chi connectivity index (χ4v) is 12.4. The third-order valence-corrected chi connectivity index (χ3v) is 18.0. The van der Waals surface area contributed by atoms with Gasteiger partial charge in [-0.2, -0.15) is 0 Å². The quantitative estimate of drug-likeness (QED) is 0.0684. The van der Waals surface area contributed by atoms with E-state index in [1.807, 2.05) is 0 Å². The van der Waals surface area contributed by atoms with Gasteiger partial charge in [-0.1, -0.05) is 0 Å². The lowest BCUT2D eigenvalue weighted by Crippen LogP contribution is -2.62. The number of rotatable bonds is 4. The van der Waals surface area contributed by atoms with E-state index in [4.69, 9.17) is 56.8 Å². The number of cyclic esters (lactones) is 1. The maximum absolute atomic E-state index is 15.5. The molecule has 9 bridgehead atoms. The number of aliphatic hydroxyl groups excluding tert-OH is 2. The number of carbonyl (C=O) groups excluding carboxylic acids is 8. The first kappa shape index (κ1) is 75.0. The summed E-state index contributed by atoms with van der Waals surface area (Å²) in [6.45, 7) is -1.95. The average molecular weight is 1570 g/mol. The number of hydrogen-bond acceptors (Lipinski definition) is 43. The summed E-state index contributed by atoms with van der Waals surface area (Å²) in [4.78, 5) is 119. The van der Waals surface area contributed by atoms with E-state index in [1.54, 1.807) is 0 Å². The molecule has 13 rings (SSSR count). The van der Waals surface area contributed by atoms with Gasteiger partial charge in [0.2, 0.25) is 40.2 Å². The minimum absolute atomic E-state index is 0.168. The van der Waals surface area contributed by atoms with E-state index in [0.29, 0.717) is 42.5 Å². The molecule has 112 heavy (non-hydrogen) atoms. The number of phenols is 21. The molecule has 10 atom stereocenters. The molecular weight excluding hydrogens is 1520 g/mol. The summed E-state index contributed by atoms with van der Waals surface area (Å²) >= 11 is 0. The standard InChI is InChI=1S/C69H50O43/c1-14-23(70)6-18-35(39(14)78)37-19-10-31(45(84)48(37)87)103-52-21(8-29(76)43(82)50(52)89)66(97)112-59-57(110-61(92)16-4-26(73)41(80)27(74)5-16)55-33(105-69(59)100)12-101-62(93)17-7-28(75)42(81)47(86)36(17)38-20(65(96)108-55)11-32(46(85)49(38)88)104-53-22(9-30(77)44(83)51(53)90)67(98)111-58-56(109-60(91)15-2-24(71)40(79)25(72)3-15)54(107-64(18)95)34(106-68(58)99)13-102-63(19)94/h2-11,33-34,54-59,68-90,99-100H,12-13H2,1H3/t33-,34-,54-,55-,56+,57+,58-,59-,68-,69-/m1/s1. The number of benzene rings is 8. The molecule has 8 aromatic rings. The zero-order valence-corrected chi connectivity index (χ0v) is 55.4. The van der Waals surface area contributed by atoms with Crippen molar-refractivity contribution in [2.45, 2.75) is 68.3 Å². The van der Waals surface area contributed by atoms with E-state index in [2.05, 4.69) is 0 Å². The van der Waals surface area contributed by atoms with Gasteiger partial charge >= 0.3 is 47.8 Å². The van der Waals surface area contributed by atoms with E-state index in [1.165, 1.54) is 0 Å². The molecule has 5 heterocycles. The van der Waals surface area contributed by atoms with Gasteiger partial charge in [0.1, 0.15) is 48.0 Å². The summed E-state index contributed by atoms with van der Waals surface area (Å²) < 4.78 is 68.0. The molecule has 0 aromatic heterocycles. The monoisotopic (exact) mass is 1570 g/mol. The second-order valence-corrected chi connectivity index (χ2v) is 24.7. The molecule has 0 amide bonds. The van der Waals surface area contributed by atoms with Crippen LogP contribution < -0.4 is 9.47 Å². The summed E-state index contributed by atoms with van der Waals surface area (Å²) in [6, 6.07) is 3.44. The van der Waals surface area contributed by atoms with Crippen molar-refractivity contribution in [3.05, 3.63) is 111 Å². The Kier molecular flexibility index (Phi) is 18.4. The van der Waals surface area contributed by atoms with Crippen LogP contribution in [0.15, 0.2) is 60.7 Å². The highest BCUT2D eigenvalue weighted by molar-refractivity contribution is 6.10. The number of hydrogen-bond donors (Lipinski definition) is 23. The largest absolute Gasteiger partial charge is 0.508 e. The minimum Gasteiger partial charge on any atom is -0.508 e. The summed E-state index contributed by atoms with van der Waals surface area (Å²) in [7, 11) is 0. The predicted molar refractivity (Wildman–Crippen MR) is 347 cm³/mol. The van der Waals surface area contributed by atoms with Crippen LogP contribution in [0.4, 0.5) is 0 Å². The number of ether oxygens (including phenoxy) is 12. The Balaban J connectivity index is 1.08. The van der Waals surface area contributed by atoms with Gasteiger partial charge in [0.25, 0.3) is 0 Å². The summed E-state index contributed by atoms with van der Waals surface area (Å²) in [5.74, 6) is -53.2. The number of esters is 8. The first-order valence-electron chi connectivity index (χ1n) is 31.5. The average Bonchev–Trinajstić information content (AvgIpc) is 1.14. The molecule has 43 heteroatoms. The maximum atomic E-state index is 15.5. The van der Waals surface area contributed by atoms with E-state index < -0.39 is 338 Å². The predicted octanol–water partition coefficient (Wildman–Crippen LogP) is 2.77. The third-order valence-electron chi connectivity index (χ3n) is 18.0. The van der Waals surface area contributed by atoms with Crippen LogP contribution in [-0.4, -0.2) is 240 Å². The number of phenolic OH excluding ortho intramolecular Hbond substituents is 21. The van der Waals surface area contributed by atoms with Crippen LogP contribution in [-0.2, 0) is 47.4 Å². The zero-order chi connectivity index (χ0) is 81.3. The van der Waals surface area contributed by atoms with Crippen LogP contribution in [0, 0.1) is 6.92 Å². The number of aliphatic hydroxyl groups is 2. The molecule has 43 nitrogen and oxygen atoms in total. The fraction of sp³-hybridized carbons (Fsp3) is 0.188. The van der Waals surface area contributed by atoms with Crippen LogP contribution in [0.5, 0.6) is 144 Å². The molecule has 584 valence electrons. The third kappa shape index (κ3) is 12.4. The molecule has 8 aromatic carbocycles. The van der Waals surface area contributed by atoms with Gasteiger partial charge in [-0.15, -0.1) is 0 Å². The van der Waals surface area contributed by atoms with Crippen molar-refractivity contribution >= 4 is 47.8 Å². The van der Waals surface area contributed by atoms with Gasteiger partial charge in [-0.3, -0.25) is 0 Å². The van der Waals surface area contributed by atoms with Crippen LogP contribution in [0.1, 0.15) is 88.4 Å². The topological polar surface area (TPSA) is 713 Å². The van der Waals surface area contributed by atoms with E-state index in [0.717, 1.165) is 6.92 Å². The van der Waals surface area contributed by atoms with Gasteiger partial charge in [0, 0.05) is 52.1 Å². The Bertz CT molecular complexity index is 5420. The van der Waals surface area contributed by atoms with Crippen LogP contribution in [0.3, 0.4) is 0 Å². The molecule has 2 saturated heterocycles. The molecular formula is C69H50O43. The molecule has 0 aliphatic carbocycles. The second kappa shape index (κ2) is 27.5. The number of aromatic hydroxyl groups is 21. The number of carbonyl (C=O) groups is 8. The van der Waals surface area contributed by atoms with E-state index in [9.17, 15) is 137 Å². The van der Waals surface area contributed by atoms with Crippen molar-refractivity contribution in [1.82, 2.24) is 0 Å². The molecule has 23 N–H and O–H groups in total. The lowest BCUT2D eigenvalue weighted by Gasteiger charge is -2.42. The minimum atomic E-state index is -2.91. The van der Waals surface area contributed by atoms with Crippen molar-refractivity contribution in [3.63, 3.8) is 0 Å². The van der Waals surface area contributed by atoms with E-state index in [-0.39, 0.29) is 18.2 Å². The van der Waals surface area contributed by atoms with Crippen molar-refractivity contribution in [1.29, 1.82) is 0 Å². The first-order valence-corrected chi connectivity index (χ1v) is 31.5. The lowest BCUT2D eigenvalue weighted by molar-refractivity contribution is -0.284. The van der Waals surface area contributed by atoms with Gasteiger partial charge in [-0.05, 0) is 43.3 Å². The molecule has 0 radical (unpaired) electrons. The van der Waals surface area contributed by atoms with Gasteiger partial charge in [0.05, 0.1) is 33.4 Å². The Morgan fingerprint density at radius 1 is 0.321 bits per heavy atom. The summed E-state index contributed by atoms with van der Waals surface area (Å²) in [6.07, 6.45) is -27.3. The Morgan fingerprint density at radius 3 is 0.991 bits per heavy atom. The Hall–Kier alpha value is -15.2. The van der Waals surface area contributed by atoms with Gasteiger partial charge in [-0.25, -0.2) is 38.4 Å². The van der Waals surface area contributed by atoms with Gasteiger partial charge in [0.15, 0.2) is 141 Å². The maximum Gasteiger partial charge on any atom is 0.342 e. The smallest absolute Gasteiger partial charge is 0.342 e. The second-order valence-electron chi connectivity index (χ2n) is 24.7. The molecule has 5 aliphatic rings. The fourth-order valence-electron chi connectivity index (χ4n) is 12.4. The van der Waals surface area contributed by atoms with Gasteiger partial charge < -0.3 is 174 Å². The molecule has 0 saturated carbocycles. The van der Waals surface area contributed by atoms with Crippen molar-refractivity contribution in [2.24, 2.45) is 0 Å². The zero-order valence-electron chi connectivity index (χ0n) is 55.4. The highest BCUT2D eigenvalue weighted by Crippen LogP contribution is 2.58. The Morgan fingerprint density at radius 2 is 0.607 bits per heavy atom. The van der Waals surface area contributed by atoms with Crippen molar-refractivity contribution in [3.8, 4) is 166 Å². The highest BCUT2D eigenvalue weighted by Gasteiger charge is 2.56. The Labute approximate surface area is 616 Å². The highest BCUT2D eigenvalue weighted by atomic mass is 16.7. The van der Waals surface area contributed by atoms with Crippen LogP contribution >= 0.6 is 0 Å².